The van der Waals surface area contributed by atoms with Gasteiger partial charge in [-0.15, -0.1) is 0 Å². The van der Waals surface area contributed by atoms with E-state index in [1.165, 1.54) is 4.90 Å². The van der Waals surface area contributed by atoms with Gasteiger partial charge in [-0.25, -0.2) is 4.79 Å². The van der Waals surface area contributed by atoms with Crippen LogP contribution in [0.4, 0.5) is 13.2 Å². The highest BCUT2D eigenvalue weighted by Crippen LogP contribution is 2.35. The van der Waals surface area contributed by atoms with Crippen molar-refractivity contribution in [1.82, 2.24) is 19.8 Å². The third kappa shape index (κ3) is 3.84. The van der Waals surface area contributed by atoms with Crippen LogP contribution < -0.4 is 11.2 Å². The van der Waals surface area contributed by atoms with Crippen LogP contribution >= 0.6 is 0 Å². The summed E-state index contributed by atoms with van der Waals surface area (Å²) in [6.45, 7) is 1.72. The fourth-order valence-electron chi connectivity index (χ4n) is 3.70. The van der Waals surface area contributed by atoms with E-state index in [4.69, 9.17) is 0 Å². The van der Waals surface area contributed by atoms with E-state index in [0.717, 1.165) is 0 Å². The number of amides is 1. The summed E-state index contributed by atoms with van der Waals surface area (Å²) in [5, 5.41) is 0. The van der Waals surface area contributed by atoms with Gasteiger partial charge in [-0.3, -0.25) is 19.5 Å². The summed E-state index contributed by atoms with van der Waals surface area (Å²) < 4.78 is 37.5. The molecule has 26 heavy (non-hydrogen) atoms. The van der Waals surface area contributed by atoms with Crippen LogP contribution in [0, 0.1) is 5.41 Å². The van der Waals surface area contributed by atoms with Gasteiger partial charge in [-0.1, -0.05) is 6.92 Å². The van der Waals surface area contributed by atoms with E-state index in [-0.39, 0.29) is 25.5 Å². The molecule has 0 aliphatic carbocycles. The first-order chi connectivity index (χ1) is 12.1. The second-order valence-corrected chi connectivity index (χ2v) is 7.29. The van der Waals surface area contributed by atoms with Crippen molar-refractivity contribution in [1.29, 1.82) is 0 Å². The summed E-state index contributed by atoms with van der Waals surface area (Å²) >= 11 is 0. The van der Waals surface area contributed by atoms with Crippen LogP contribution in [0.1, 0.15) is 31.0 Å². The summed E-state index contributed by atoms with van der Waals surface area (Å²) in [6, 6.07) is 0. The van der Waals surface area contributed by atoms with Gasteiger partial charge in [0.2, 0.25) is 5.91 Å². The van der Waals surface area contributed by atoms with Gasteiger partial charge in [-0.05, 0) is 32.4 Å². The Kier molecular flexibility index (Phi) is 4.72. The number of halogens is 3. The standard InChI is InChI=1S/C16H21F3N4O3/c1-15(3-6-22(7-4-15)9-16(17,18)19)13(25)23-5-2-10-11(8-23)20-14(26)21-12(10)24/h2-9H2,1H3,(H2,20,21,24,26). The van der Waals surface area contributed by atoms with Gasteiger partial charge in [0.1, 0.15) is 0 Å². The predicted molar refractivity (Wildman–Crippen MR) is 86.6 cm³/mol. The Hall–Kier alpha value is -2.10. The molecular formula is C16H21F3N4O3. The highest BCUT2D eigenvalue weighted by molar-refractivity contribution is 5.82. The number of carbonyl (C=O) groups excluding carboxylic acids is 1. The van der Waals surface area contributed by atoms with E-state index in [0.29, 0.717) is 37.1 Å². The lowest BCUT2D eigenvalue weighted by atomic mass is 9.78. The van der Waals surface area contributed by atoms with Crippen molar-refractivity contribution in [2.45, 2.75) is 38.9 Å². The number of alkyl halides is 3. The third-order valence-corrected chi connectivity index (χ3v) is 5.28. The monoisotopic (exact) mass is 374 g/mol. The highest BCUT2D eigenvalue weighted by atomic mass is 19.4. The first-order valence-electron chi connectivity index (χ1n) is 8.50. The van der Waals surface area contributed by atoms with Crippen LogP contribution in [0.25, 0.3) is 0 Å². The molecule has 1 fully saturated rings. The van der Waals surface area contributed by atoms with Crippen LogP contribution in [0.15, 0.2) is 9.59 Å². The molecule has 10 heteroatoms. The molecule has 2 aliphatic heterocycles. The average molecular weight is 374 g/mol. The first kappa shape index (κ1) is 18.7. The van der Waals surface area contributed by atoms with E-state index in [9.17, 15) is 27.6 Å². The second kappa shape index (κ2) is 6.57. The van der Waals surface area contributed by atoms with Crippen molar-refractivity contribution in [3.8, 4) is 0 Å². The zero-order chi connectivity index (χ0) is 19.1. The number of H-pyrrole nitrogens is 2. The topological polar surface area (TPSA) is 89.3 Å². The van der Waals surface area contributed by atoms with Crippen LogP contribution in [0.2, 0.25) is 0 Å². The molecular weight excluding hydrogens is 353 g/mol. The molecule has 0 atom stereocenters. The van der Waals surface area contributed by atoms with Gasteiger partial charge in [-0.2, -0.15) is 13.2 Å². The maximum absolute atomic E-state index is 13.0. The highest BCUT2D eigenvalue weighted by Gasteiger charge is 2.42. The van der Waals surface area contributed by atoms with Crippen LogP contribution in [0.3, 0.4) is 0 Å². The van der Waals surface area contributed by atoms with E-state index in [1.54, 1.807) is 11.8 Å². The molecule has 0 unspecified atom stereocenters. The summed E-state index contributed by atoms with van der Waals surface area (Å²) in [4.78, 5) is 43.8. The number of hydrogen-bond acceptors (Lipinski definition) is 4. The zero-order valence-corrected chi connectivity index (χ0v) is 14.4. The minimum absolute atomic E-state index is 0.134. The smallest absolute Gasteiger partial charge is 0.336 e. The van der Waals surface area contributed by atoms with Crippen LogP contribution in [-0.2, 0) is 17.8 Å². The molecule has 0 radical (unpaired) electrons. The minimum Gasteiger partial charge on any atom is -0.336 e. The number of likely N-dealkylation sites (tertiary alicyclic amines) is 1. The Morgan fingerprint density at radius 1 is 1.15 bits per heavy atom. The number of nitrogens with one attached hydrogen (secondary N) is 2. The number of hydrogen-bond donors (Lipinski definition) is 2. The Bertz CT molecular complexity index is 806. The van der Waals surface area contributed by atoms with Crippen molar-refractivity contribution in [2.75, 3.05) is 26.2 Å². The lowest BCUT2D eigenvalue weighted by molar-refractivity contribution is -0.156. The molecule has 2 aliphatic rings. The van der Waals surface area contributed by atoms with E-state index < -0.39 is 29.4 Å². The van der Waals surface area contributed by atoms with Crippen molar-refractivity contribution in [2.24, 2.45) is 5.41 Å². The fraction of sp³-hybridized carbons (Fsp3) is 0.688. The molecule has 3 heterocycles. The number of piperidine rings is 1. The lowest BCUT2D eigenvalue weighted by Crippen LogP contribution is -2.51. The Labute approximate surface area is 147 Å². The molecule has 0 aromatic carbocycles. The van der Waals surface area contributed by atoms with Crippen LogP contribution in [0.5, 0.6) is 0 Å². The van der Waals surface area contributed by atoms with Gasteiger partial charge < -0.3 is 9.88 Å². The molecule has 7 nitrogen and oxygen atoms in total. The molecule has 144 valence electrons. The van der Waals surface area contributed by atoms with E-state index in [1.807, 2.05) is 0 Å². The Balaban J connectivity index is 1.68. The summed E-state index contributed by atoms with van der Waals surface area (Å²) in [6.07, 6.45) is -3.22. The predicted octanol–water partition coefficient (Wildman–Crippen LogP) is 0.612. The fourth-order valence-corrected chi connectivity index (χ4v) is 3.70. The second-order valence-electron chi connectivity index (χ2n) is 7.29. The third-order valence-electron chi connectivity index (χ3n) is 5.28. The molecule has 1 aromatic rings. The van der Waals surface area contributed by atoms with Crippen molar-refractivity contribution >= 4 is 5.91 Å². The number of aromatic amines is 2. The zero-order valence-electron chi connectivity index (χ0n) is 14.4. The van der Waals surface area contributed by atoms with Gasteiger partial charge >= 0.3 is 11.9 Å². The number of fused-ring (bicyclic) bond motifs is 1. The Morgan fingerprint density at radius 2 is 1.81 bits per heavy atom. The van der Waals surface area contributed by atoms with Crippen LogP contribution in [-0.4, -0.2) is 58.0 Å². The molecule has 1 amide bonds. The van der Waals surface area contributed by atoms with E-state index >= 15 is 0 Å². The summed E-state index contributed by atoms with van der Waals surface area (Å²) in [5.41, 5.74) is -0.895. The molecule has 0 spiro atoms. The summed E-state index contributed by atoms with van der Waals surface area (Å²) in [5.74, 6) is -0.143. The van der Waals surface area contributed by atoms with Gasteiger partial charge in [0.15, 0.2) is 0 Å². The number of nitrogens with zero attached hydrogens (tertiary/aromatic N) is 2. The molecule has 1 aromatic heterocycles. The Morgan fingerprint density at radius 3 is 2.42 bits per heavy atom. The number of aromatic nitrogens is 2. The largest absolute Gasteiger partial charge is 0.401 e. The van der Waals surface area contributed by atoms with E-state index in [2.05, 4.69) is 9.97 Å². The van der Waals surface area contributed by atoms with Crippen molar-refractivity contribution < 1.29 is 18.0 Å². The van der Waals surface area contributed by atoms with Crippen molar-refractivity contribution in [3.63, 3.8) is 0 Å². The normalized spacial score (nSPS) is 20.7. The average Bonchev–Trinajstić information content (AvgIpc) is 2.54. The maximum Gasteiger partial charge on any atom is 0.401 e. The maximum atomic E-state index is 13.0. The molecule has 0 bridgehead atoms. The van der Waals surface area contributed by atoms with Gasteiger partial charge in [0.05, 0.1) is 13.1 Å². The lowest BCUT2D eigenvalue weighted by Gasteiger charge is -2.42. The molecule has 1 saturated heterocycles. The number of rotatable bonds is 2. The SMILES string of the molecule is CC1(C(=O)N2CCc3c([nH]c(=O)[nH]c3=O)C2)CCN(CC(F)(F)F)CC1. The summed E-state index contributed by atoms with van der Waals surface area (Å²) in [7, 11) is 0. The molecule has 2 N–H and O–H groups in total. The van der Waals surface area contributed by atoms with Crippen molar-refractivity contribution in [3.05, 3.63) is 32.1 Å². The molecule has 3 rings (SSSR count). The van der Waals surface area contributed by atoms with Gasteiger partial charge in [0.25, 0.3) is 5.56 Å². The minimum atomic E-state index is -4.24. The first-order valence-corrected chi connectivity index (χ1v) is 8.50. The number of carbonyl (C=O) groups is 1. The van der Waals surface area contributed by atoms with Gasteiger partial charge in [0, 0.05) is 23.2 Å². The molecule has 0 saturated carbocycles. The quantitative estimate of drug-likeness (QED) is 0.794.